The van der Waals surface area contributed by atoms with Crippen LogP contribution in [0.15, 0.2) is 36.4 Å². The number of unbranched alkanes of at least 4 members (excludes halogenated alkanes) is 3. The summed E-state index contributed by atoms with van der Waals surface area (Å²) in [6.07, 6.45) is 26.9. The highest BCUT2D eigenvalue weighted by molar-refractivity contribution is 5.33. The first-order chi connectivity index (χ1) is 15.7. The van der Waals surface area contributed by atoms with Crippen molar-refractivity contribution < 1.29 is 4.74 Å². The van der Waals surface area contributed by atoms with Crippen molar-refractivity contribution in [2.24, 2.45) is 5.41 Å². The van der Waals surface area contributed by atoms with Crippen LogP contribution in [0.2, 0.25) is 0 Å². The average Bonchev–Trinajstić information content (AvgIpc) is 2.86. The Morgan fingerprint density at radius 3 is 2.12 bits per heavy atom. The van der Waals surface area contributed by atoms with Gasteiger partial charge in [-0.05, 0) is 105 Å². The minimum atomic E-state index is 0.470. The van der Waals surface area contributed by atoms with E-state index >= 15 is 0 Å². The van der Waals surface area contributed by atoms with Crippen LogP contribution in [0, 0.1) is 5.41 Å². The molecule has 2 bridgehead atoms. The first-order valence-electron chi connectivity index (χ1n) is 14.1. The highest BCUT2D eigenvalue weighted by Gasteiger charge is 2.48. The van der Waals surface area contributed by atoms with Crippen molar-refractivity contribution in [3.05, 3.63) is 47.5 Å². The quantitative estimate of drug-likeness (QED) is 0.248. The van der Waals surface area contributed by atoms with E-state index in [9.17, 15) is 0 Å². The molecule has 4 fully saturated rings. The van der Waals surface area contributed by atoms with E-state index in [0.717, 1.165) is 12.5 Å². The maximum atomic E-state index is 6.10. The molecule has 4 aliphatic rings. The molecule has 0 amide bonds. The maximum absolute atomic E-state index is 6.10. The highest BCUT2D eigenvalue weighted by atomic mass is 16.5. The third-order valence-electron chi connectivity index (χ3n) is 9.43. The van der Waals surface area contributed by atoms with Crippen molar-refractivity contribution >= 4 is 0 Å². The summed E-state index contributed by atoms with van der Waals surface area (Å²) in [4.78, 5) is 0. The summed E-state index contributed by atoms with van der Waals surface area (Å²) < 4.78 is 6.10. The van der Waals surface area contributed by atoms with Gasteiger partial charge in [0.1, 0.15) is 0 Å². The molecule has 0 atom stereocenters. The van der Waals surface area contributed by atoms with Crippen LogP contribution >= 0.6 is 0 Å². The number of rotatable bonds is 11. The van der Waals surface area contributed by atoms with Gasteiger partial charge in [-0.3, -0.25) is 0 Å². The summed E-state index contributed by atoms with van der Waals surface area (Å²) in [6.45, 7) is 5.36. The molecule has 0 saturated heterocycles. The molecular formula is C31H48O. The molecule has 0 spiro atoms. The SMILES string of the molecule is CCC/C=C/CO[C@H]1CC[C@H](c2ccc(C34CCC(CCCCC)(CC3)CC4)cc2)CC1. The lowest BCUT2D eigenvalue weighted by Gasteiger charge is -2.54. The van der Waals surface area contributed by atoms with Gasteiger partial charge in [0.25, 0.3) is 0 Å². The van der Waals surface area contributed by atoms with Gasteiger partial charge in [-0.25, -0.2) is 0 Å². The molecule has 178 valence electrons. The van der Waals surface area contributed by atoms with Crippen LogP contribution in [0.4, 0.5) is 0 Å². The van der Waals surface area contributed by atoms with Crippen LogP contribution in [0.5, 0.6) is 0 Å². The van der Waals surface area contributed by atoms with Gasteiger partial charge in [-0.1, -0.05) is 75.9 Å². The standard InChI is InChI=1S/C31H48O/c1-3-5-7-9-25-32-29-16-12-27(13-17-29)26-10-14-28(15-11-26)31-22-19-30(20-23-31,21-24-31)18-8-6-4-2/h7,9-11,14-15,27,29H,3-6,8,12-13,16-25H2,1-2H3/b9-7+/t27-,29-,30?,31?. The van der Waals surface area contributed by atoms with Gasteiger partial charge in [-0.2, -0.15) is 0 Å². The van der Waals surface area contributed by atoms with Crippen LogP contribution in [-0.2, 0) is 10.2 Å². The third kappa shape index (κ3) is 5.69. The Hall–Kier alpha value is -1.08. The van der Waals surface area contributed by atoms with Gasteiger partial charge in [0.15, 0.2) is 0 Å². The van der Waals surface area contributed by atoms with Crippen LogP contribution in [0.25, 0.3) is 0 Å². The number of ether oxygens (including phenoxy) is 1. The summed E-state index contributed by atoms with van der Waals surface area (Å²) in [5, 5.41) is 0. The molecule has 0 heterocycles. The Kier molecular flexibility index (Phi) is 8.55. The Labute approximate surface area is 198 Å². The fourth-order valence-electron chi connectivity index (χ4n) is 7.04. The van der Waals surface area contributed by atoms with Gasteiger partial charge < -0.3 is 4.74 Å². The Bertz CT molecular complexity index is 682. The zero-order valence-corrected chi connectivity index (χ0v) is 21.0. The molecule has 1 aromatic carbocycles. The Morgan fingerprint density at radius 2 is 1.50 bits per heavy atom. The van der Waals surface area contributed by atoms with Crippen LogP contribution in [0.3, 0.4) is 0 Å². The van der Waals surface area contributed by atoms with Crippen LogP contribution in [0.1, 0.15) is 134 Å². The maximum Gasteiger partial charge on any atom is 0.0651 e. The first-order valence-corrected chi connectivity index (χ1v) is 14.1. The largest absolute Gasteiger partial charge is 0.374 e. The van der Waals surface area contributed by atoms with Crippen molar-refractivity contribution in [2.75, 3.05) is 6.61 Å². The fourth-order valence-corrected chi connectivity index (χ4v) is 7.04. The normalized spacial score (nSPS) is 32.6. The van der Waals surface area contributed by atoms with Gasteiger partial charge in [-0.15, -0.1) is 0 Å². The number of benzene rings is 1. The molecule has 1 nitrogen and oxygen atoms in total. The molecule has 4 saturated carbocycles. The predicted molar refractivity (Wildman–Crippen MR) is 137 cm³/mol. The Morgan fingerprint density at radius 1 is 0.812 bits per heavy atom. The minimum absolute atomic E-state index is 0.470. The van der Waals surface area contributed by atoms with E-state index in [-0.39, 0.29) is 0 Å². The number of fused-ring (bicyclic) bond motifs is 3. The number of hydrogen-bond donors (Lipinski definition) is 0. The van der Waals surface area contributed by atoms with E-state index in [2.05, 4.69) is 50.3 Å². The fraction of sp³-hybridized carbons (Fsp3) is 0.742. The summed E-state index contributed by atoms with van der Waals surface area (Å²) in [5.74, 6) is 0.737. The van der Waals surface area contributed by atoms with E-state index in [1.807, 2.05) is 0 Å². The molecule has 1 heteroatoms. The van der Waals surface area contributed by atoms with Crippen molar-refractivity contribution in [1.29, 1.82) is 0 Å². The lowest BCUT2D eigenvalue weighted by Crippen LogP contribution is -2.44. The smallest absolute Gasteiger partial charge is 0.0651 e. The van der Waals surface area contributed by atoms with E-state index in [1.165, 1.54) is 103 Å². The summed E-state index contributed by atoms with van der Waals surface area (Å²) >= 11 is 0. The molecule has 0 radical (unpaired) electrons. The molecule has 0 N–H and O–H groups in total. The topological polar surface area (TPSA) is 9.23 Å². The van der Waals surface area contributed by atoms with Gasteiger partial charge in [0.05, 0.1) is 12.7 Å². The van der Waals surface area contributed by atoms with Gasteiger partial charge in [0, 0.05) is 0 Å². The predicted octanol–water partition coefficient (Wildman–Crippen LogP) is 9.26. The third-order valence-corrected chi connectivity index (χ3v) is 9.43. The first kappa shape index (κ1) is 24.1. The minimum Gasteiger partial charge on any atom is -0.374 e. The molecule has 32 heavy (non-hydrogen) atoms. The van der Waals surface area contributed by atoms with Crippen molar-refractivity contribution in [3.8, 4) is 0 Å². The zero-order chi connectivity index (χ0) is 22.3. The van der Waals surface area contributed by atoms with Crippen molar-refractivity contribution in [2.45, 2.75) is 134 Å². The van der Waals surface area contributed by atoms with E-state index in [1.54, 1.807) is 11.1 Å². The zero-order valence-electron chi connectivity index (χ0n) is 21.0. The van der Waals surface area contributed by atoms with Crippen LogP contribution in [-0.4, -0.2) is 12.7 Å². The van der Waals surface area contributed by atoms with Crippen molar-refractivity contribution in [3.63, 3.8) is 0 Å². The molecular weight excluding hydrogens is 388 g/mol. The molecule has 0 aromatic heterocycles. The van der Waals surface area contributed by atoms with E-state index in [4.69, 9.17) is 4.74 Å². The second-order valence-electron chi connectivity index (χ2n) is 11.4. The lowest BCUT2D eigenvalue weighted by molar-refractivity contribution is 0.0305. The molecule has 0 unspecified atom stereocenters. The Balaban J connectivity index is 1.26. The lowest BCUT2D eigenvalue weighted by atomic mass is 9.51. The number of hydrogen-bond acceptors (Lipinski definition) is 1. The summed E-state index contributed by atoms with van der Waals surface area (Å²) in [7, 11) is 0. The average molecular weight is 437 g/mol. The second-order valence-corrected chi connectivity index (χ2v) is 11.4. The van der Waals surface area contributed by atoms with E-state index < -0.39 is 0 Å². The molecule has 0 aliphatic heterocycles. The van der Waals surface area contributed by atoms with Gasteiger partial charge in [0.2, 0.25) is 0 Å². The van der Waals surface area contributed by atoms with Gasteiger partial charge >= 0.3 is 0 Å². The van der Waals surface area contributed by atoms with E-state index in [0.29, 0.717) is 16.9 Å². The highest BCUT2D eigenvalue weighted by Crippen LogP contribution is 2.59. The van der Waals surface area contributed by atoms with Crippen LogP contribution < -0.4 is 0 Å². The molecule has 1 aromatic rings. The second kappa shape index (κ2) is 11.4. The van der Waals surface area contributed by atoms with Crippen molar-refractivity contribution in [1.82, 2.24) is 0 Å². The summed E-state index contributed by atoms with van der Waals surface area (Å²) in [6, 6.07) is 10.0. The monoisotopic (exact) mass is 436 g/mol. The molecule has 5 rings (SSSR count). The number of allylic oxidation sites excluding steroid dienone is 1. The summed E-state index contributed by atoms with van der Waals surface area (Å²) in [5.41, 5.74) is 4.44. The molecule has 4 aliphatic carbocycles.